The molecule has 0 saturated heterocycles. The van der Waals surface area contributed by atoms with E-state index in [1.165, 1.54) is 42.5 Å². The summed E-state index contributed by atoms with van der Waals surface area (Å²) in [6.07, 6.45) is 0. The molecule has 0 aliphatic carbocycles. The Morgan fingerprint density at radius 3 is 2.22 bits per heavy atom. The molecule has 0 fully saturated rings. The molecule has 4 aromatic rings. The Balaban J connectivity index is 1.42. The molecular formula is C22H15ClFN5O3. The van der Waals surface area contributed by atoms with Crippen LogP contribution in [0.3, 0.4) is 0 Å². The minimum Gasteiger partial charge on any atom is -0.493 e. The molecule has 0 unspecified atom stereocenters. The van der Waals surface area contributed by atoms with Gasteiger partial charge in [-0.3, -0.25) is 4.79 Å². The van der Waals surface area contributed by atoms with Crippen LogP contribution in [0.1, 0.15) is 10.4 Å². The van der Waals surface area contributed by atoms with Gasteiger partial charge in [0.05, 0.1) is 5.52 Å². The molecule has 3 amide bonds. The Hall–Kier alpha value is -4.24. The number of aromatic hydroxyl groups is 1. The summed E-state index contributed by atoms with van der Waals surface area (Å²) in [5, 5.41) is 23.5. The number of aromatic nitrogens is 1. The summed E-state index contributed by atoms with van der Waals surface area (Å²) in [5.74, 6) is -1.51. The monoisotopic (exact) mass is 451 g/mol. The van der Waals surface area contributed by atoms with E-state index in [4.69, 9.17) is 11.6 Å². The highest BCUT2D eigenvalue weighted by Gasteiger charge is 2.13. The van der Waals surface area contributed by atoms with Crippen molar-refractivity contribution in [2.24, 2.45) is 10.2 Å². The number of carbonyl (C=O) groups is 2. The van der Waals surface area contributed by atoms with Crippen LogP contribution < -0.4 is 10.6 Å². The topological polar surface area (TPSA) is 119 Å². The van der Waals surface area contributed by atoms with Crippen LogP contribution in [0.25, 0.3) is 10.9 Å². The minimum atomic E-state index is -0.674. The van der Waals surface area contributed by atoms with Gasteiger partial charge in [0.2, 0.25) is 5.88 Å². The summed E-state index contributed by atoms with van der Waals surface area (Å²) in [6.45, 7) is 0. The zero-order valence-electron chi connectivity index (χ0n) is 16.3. The molecule has 32 heavy (non-hydrogen) atoms. The summed E-state index contributed by atoms with van der Waals surface area (Å²) >= 11 is 5.81. The number of nitrogens with zero attached hydrogens (tertiary/aromatic N) is 2. The predicted molar refractivity (Wildman–Crippen MR) is 119 cm³/mol. The van der Waals surface area contributed by atoms with Gasteiger partial charge in [0.1, 0.15) is 5.82 Å². The highest BCUT2D eigenvalue weighted by molar-refractivity contribution is 6.30. The molecule has 0 aliphatic heterocycles. The maximum Gasteiger partial charge on any atom is 0.323 e. The first-order chi connectivity index (χ1) is 15.4. The lowest BCUT2D eigenvalue weighted by Gasteiger charge is -2.08. The zero-order chi connectivity index (χ0) is 22.7. The standard InChI is InChI=1S/C22H15ClFN5O3/c23-13-3-8-16(9-4-13)26-22(32)25-15-6-1-12(2-7-15)20(30)29-28-19-17-11-14(24)5-10-18(17)27-21(19)31/h1-11,27,31H,(H2,25,26,32). The molecule has 0 spiro atoms. The first-order valence-corrected chi connectivity index (χ1v) is 9.67. The maximum atomic E-state index is 13.5. The summed E-state index contributed by atoms with van der Waals surface area (Å²) in [5.41, 5.74) is 1.65. The maximum absolute atomic E-state index is 13.5. The Bertz CT molecular complexity index is 1330. The van der Waals surface area contributed by atoms with E-state index in [9.17, 15) is 19.1 Å². The number of H-pyrrole nitrogens is 1. The highest BCUT2D eigenvalue weighted by atomic mass is 35.5. The third-order valence-corrected chi connectivity index (χ3v) is 4.70. The molecule has 10 heteroatoms. The Labute approximate surface area is 185 Å². The van der Waals surface area contributed by atoms with Gasteiger partial charge in [-0.1, -0.05) is 11.6 Å². The van der Waals surface area contributed by atoms with E-state index >= 15 is 0 Å². The average molecular weight is 452 g/mol. The van der Waals surface area contributed by atoms with Gasteiger partial charge in [0.15, 0.2) is 5.69 Å². The second-order valence-corrected chi connectivity index (χ2v) is 7.12. The van der Waals surface area contributed by atoms with Crippen molar-refractivity contribution in [1.82, 2.24) is 4.98 Å². The number of benzene rings is 3. The molecule has 3 aromatic carbocycles. The first-order valence-electron chi connectivity index (χ1n) is 9.29. The third-order valence-electron chi connectivity index (χ3n) is 4.45. The second kappa shape index (κ2) is 8.86. The molecule has 160 valence electrons. The average Bonchev–Trinajstić information content (AvgIpc) is 3.08. The fourth-order valence-corrected chi connectivity index (χ4v) is 3.04. The van der Waals surface area contributed by atoms with E-state index in [0.717, 1.165) is 0 Å². The molecule has 0 saturated carbocycles. The van der Waals surface area contributed by atoms with E-state index in [1.807, 2.05) is 0 Å². The fourth-order valence-electron chi connectivity index (χ4n) is 2.91. The number of azo groups is 1. The number of hydrogen-bond donors (Lipinski definition) is 4. The van der Waals surface area contributed by atoms with E-state index in [1.54, 1.807) is 24.3 Å². The third kappa shape index (κ3) is 4.73. The number of aromatic amines is 1. The molecule has 0 atom stereocenters. The first kappa shape index (κ1) is 21.0. The smallest absolute Gasteiger partial charge is 0.323 e. The van der Waals surface area contributed by atoms with Gasteiger partial charge in [-0.25, -0.2) is 9.18 Å². The van der Waals surface area contributed by atoms with Crippen LogP contribution in [0.4, 0.5) is 26.2 Å². The molecule has 0 radical (unpaired) electrons. The summed E-state index contributed by atoms with van der Waals surface area (Å²) in [7, 11) is 0. The normalized spacial score (nSPS) is 11.1. The largest absolute Gasteiger partial charge is 0.493 e. The number of rotatable bonds is 4. The summed E-state index contributed by atoms with van der Waals surface area (Å²) in [4.78, 5) is 27.0. The van der Waals surface area contributed by atoms with Gasteiger partial charge in [0.25, 0.3) is 5.91 Å². The molecular weight excluding hydrogens is 437 g/mol. The molecule has 4 N–H and O–H groups in total. The number of anilines is 2. The SMILES string of the molecule is O=C(Nc1ccc(Cl)cc1)Nc1ccc(C(=O)N=Nc2c(O)[nH]c3ccc(F)cc23)cc1. The van der Waals surface area contributed by atoms with E-state index in [-0.39, 0.29) is 17.1 Å². The number of hydrogen-bond acceptors (Lipinski definition) is 4. The predicted octanol–water partition coefficient (Wildman–Crippen LogP) is 6.23. The number of nitrogens with one attached hydrogen (secondary N) is 3. The molecule has 0 bridgehead atoms. The van der Waals surface area contributed by atoms with Crippen molar-refractivity contribution in [3.8, 4) is 5.88 Å². The quantitative estimate of drug-likeness (QED) is 0.275. The van der Waals surface area contributed by atoms with Crippen LogP contribution in [0.2, 0.25) is 5.02 Å². The number of urea groups is 1. The van der Waals surface area contributed by atoms with Gasteiger partial charge in [-0.15, -0.1) is 10.2 Å². The fraction of sp³-hybridized carbons (Fsp3) is 0. The summed E-state index contributed by atoms with van der Waals surface area (Å²) in [6, 6.07) is 16.0. The van der Waals surface area contributed by atoms with Crippen LogP contribution in [0.15, 0.2) is 77.0 Å². The molecule has 8 nitrogen and oxygen atoms in total. The lowest BCUT2D eigenvalue weighted by molar-refractivity contribution is 0.0995. The van der Waals surface area contributed by atoms with Crippen molar-refractivity contribution in [2.75, 3.05) is 10.6 Å². The molecule has 4 rings (SSSR count). The van der Waals surface area contributed by atoms with Crippen molar-refractivity contribution in [2.45, 2.75) is 0 Å². The molecule has 1 aromatic heterocycles. The van der Waals surface area contributed by atoms with Gasteiger partial charge in [-0.2, -0.15) is 0 Å². The summed E-state index contributed by atoms with van der Waals surface area (Å²) < 4.78 is 13.5. The van der Waals surface area contributed by atoms with E-state index < -0.39 is 17.8 Å². The van der Waals surface area contributed by atoms with Gasteiger partial charge in [-0.05, 0) is 66.7 Å². The number of halogens is 2. The lowest BCUT2D eigenvalue weighted by atomic mass is 10.2. The van der Waals surface area contributed by atoms with Crippen LogP contribution in [0, 0.1) is 5.82 Å². The van der Waals surface area contributed by atoms with Crippen LogP contribution >= 0.6 is 11.6 Å². The Kier molecular flexibility index (Phi) is 5.82. The Morgan fingerprint density at radius 1 is 0.938 bits per heavy atom. The van der Waals surface area contributed by atoms with Gasteiger partial charge < -0.3 is 20.7 Å². The van der Waals surface area contributed by atoms with Crippen LogP contribution in [-0.4, -0.2) is 22.0 Å². The lowest BCUT2D eigenvalue weighted by Crippen LogP contribution is -2.19. The number of amides is 3. The van der Waals surface area contributed by atoms with E-state index in [0.29, 0.717) is 27.3 Å². The van der Waals surface area contributed by atoms with Crippen molar-refractivity contribution < 1.29 is 19.1 Å². The molecule has 0 aliphatic rings. The van der Waals surface area contributed by atoms with Crippen molar-refractivity contribution in [3.05, 3.63) is 83.1 Å². The minimum absolute atomic E-state index is 0.0370. The van der Waals surface area contributed by atoms with Crippen LogP contribution in [0.5, 0.6) is 5.88 Å². The van der Waals surface area contributed by atoms with Gasteiger partial charge >= 0.3 is 6.03 Å². The Morgan fingerprint density at radius 2 is 1.56 bits per heavy atom. The zero-order valence-corrected chi connectivity index (χ0v) is 17.0. The second-order valence-electron chi connectivity index (χ2n) is 6.68. The van der Waals surface area contributed by atoms with Crippen molar-refractivity contribution >= 4 is 51.5 Å². The molecule has 1 heterocycles. The number of carbonyl (C=O) groups excluding carboxylic acids is 2. The van der Waals surface area contributed by atoms with Crippen molar-refractivity contribution in [1.29, 1.82) is 0 Å². The number of fused-ring (bicyclic) bond motifs is 1. The van der Waals surface area contributed by atoms with E-state index in [2.05, 4.69) is 25.8 Å². The van der Waals surface area contributed by atoms with Crippen LogP contribution in [-0.2, 0) is 0 Å². The van der Waals surface area contributed by atoms with Gasteiger partial charge in [0, 0.05) is 27.3 Å². The van der Waals surface area contributed by atoms with Crippen molar-refractivity contribution in [3.63, 3.8) is 0 Å². The highest BCUT2D eigenvalue weighted by Crippen LogP contribution is 2.35.